The zero-order valence-electron chi connectivity index (χ0n) is 47.6. The van der Waals surface area contributed by atoms with E-state index < -0.39 is 0 Å². The van der Waals surface area contributed by atoms with Crippen molar-refractivity contribution in [2.45, 2.75) is 0 Å². The van der Waals surface area contributed by atoms with Gasteiger partial charge in [0.15, 0.2) is 0 Å². The summed E-state index contributed by atoms with van der Waals surface area (Å²) in [4.78, 5) is 5.21. The van der Waals surface area contributed by atoms with Gasteiger partial charge in [0, 0.05) is 89.2 Å². The number of fused-ring (bicyclic) bond motifs is 22. The molecule has 0 fully saturated rings. The lowest BCUT2D eigenvalue weighted by Gasteiger charge is -2.47. The fraction of sp³-hybridized carbons (Fsp3) is 0. The van der Waals surface area contributed by atoms with Gasteiger partial charge in [0.05, 0.1) is 0 Å². The lowest BCUT2D eigenvalue weighted by Crippen LogP contribution is -2.64. The molecule has 7 nitrogen and oxygen atoms in total. The van der Waals surface area contributed by atoms with Gasteiger partial charge in [0.2, 0.25) is 0 Å². The van der Waals surface area contributed by atoms with Crippen LogP contribution in [-0.2, 0) is 0 Å². The molecule has 0 spiro atoms. The van der Waals surface area contributed by atoms with Crippen molar-refractivity contribution in [2.75, 3.05) is 9.80 Å². The SMILES string of the molecule is c1cc2c3c(c1)N1c4cccc5c4B(c4c1c(cc1ccccc41)B3n1ccc3cccc-2c31)n1ccc2cccc-5c21.c1cc2c3c(c1)N1c4cccc5c4B(c4c1c(cc1oc6ccccc6c41)B3n1ccc3cccc-2c31)n1ccc2cccc-5c21. The molecule has 12 aromatic carbocycles. The molecule has 89 heavy (non-hydrogen) atoms. The molecule has 0 radical (unpaired) electrons. The van der Waals surface area contributed by atoms with Crippen LogP contribution in [0.5, 0.6) is 0 Å². The highest BCUT2D eigenvalue weighted by atomic mass is 16.3. The lowest BCUT2D eigenvalue weighted by molar-refractivity contribution is 0.669. The zero-order chi connectivity index (χ0) is 57.0. The highest BCUT2D eigenvalue weighted by Crippen LogP contribution is 2.50. The molecule has 402 valence electrons. The number of aromatic nitrogens is 4. The highest BCUT2D eigenvalue weighted by molar-refractivity contribution is 6.97. The molecule has 0 unspecified atom stereocenters. The highest BCUT2D eigenvalue weighted by Gasteiger charge is 2.52. The third-order valence-corrected chi connectivity index (χ3v) is 22.0. The number of benzene rings is 12. The largest absolute Gasteiger partial charge is 0.456 e. The molecule has 0 saturated heterocycles. The van der Waals surface area contributed by atoms with Crippen molar-refractivity contribution in [1.29, 1.82) is 0 Å². The molecule has 8 aliphatic rings. The van der Waals surface area contributed by atoms with Crippen molar-refractivity contribution in [1.82, 2.24) is 17.9 Å². The third-order valence-electron chi connectivity index (χ3n) is 22.0. The fourth-order valence-corrected chi connectivity index (χ4v) is 18.9. The maximum Gasteiger partial charge on any atom is 0.333 e. The van der Waals surface area contributed by atoms with Crippen LogP contribution in [-0.4, -0.2) is 45.3 Å². The molecular weight excluding hydrogens is 1080 g/mol. The first kappa shape index (κ1) is 45.1. The summed E-state index contributed by atoms with van der Waals surface area (Å²) in [5, 5.41) is 10.2. The van der Waals surface area contributed by atoms with Crippen molar-refractivity contribution in [3.8, 4) is 44.5 Å². The van der Waals surface area contributed by atoms with E-state index in [2.05, 4.69) is 283 Å². The van der Waals surface area contributed by atoms with Crippen molar-refractivity contribution < 1.29 is 4.42 Å². The number of furan rings is 1. The van der Waals surface area contributed by atoms with Crippen LogP contribution in [0.1, 0.15) is 0 Å². The van der Waals surface area contributed by atoms with Crippen LogP contribution in [0.3, 0.4) is 0 Å². The predicted molar refractivity (Wildman–Crippen MR) is 372 cm³/mol. The average Bonchev–Trinajstić information content (AvgIpc) is 1.65. The number of para-hydroxylation sites is 5. The minimum absolute atomic E-state index is 0.0126. The van der Waals surface area contributed by atoms with Crippen molar-refractivity contribution >= 4 is 182 Å². The molecule has 8 aliphatic heterocycles. The summed E-state index contributed by atoms with van der Waals surface area (Å²) in [7, 11) is 0. The minimum atomic E-state index is 0.0126. The first-order valence-corrected chi connectivity index (χ1v) is 31.3. The van der Waals surface area contributed by atoms with Gasteiger partial charge in [-0.05, 0) is 184 Å². The monoisotopic (exact) mass is 1120 g/mol. The maximum absolute atomic E-state index is 6.79. The number of hydrogen-bond donors (Lipinski definition) is 0. The van der Waals surface area contributed by atoms with Crippen molar-refractivity contribution in [3.63, 3.8) is 0 Å². The summed E-state index contributed by atoms with van der Waals surface area (Å²) in [6, 6.07) is 86.4. The second-order valence-electron chi connectivity index (χ2n) is 25.7. The number of nitrogens with zero attached hydrogens (tertiary/aromatic N) is 6. The Labute approximate surface area is 510 Å². The van der Waals surface area contributed by atoms with Crippen LogP contribution >= 0.6 is 0 Å². The second kappa shape index (κ2) is 15.3. The van der Waals surface area contributed by atoms with Crippen LogP contribution in [0.25, 0.3) is 121 Å². The Morgan fingerprint density at radius 2 is 0.618 bits per heavy atom. The molecule has 0 atom stereocenters. The smallest absolute Gasteiger partial charge is 0.333 e. The van der Waals surface area contributed by atoms with Gasteiger partial charge in [-0.1, -0.05) is 170 Å². The van der Waals surface area contributed by atoms with Crippen molar-refractivity contribution in [3.05, 3.63) is 255 Å². The summed E-state index contributed by atoms with van der Waals surface area (Å²) in [6.45, 7) is 0.253. The van der Waals surface area contributed by atoms with Crippen LogP contribution in [0.2, 0.25) is 0 Å². The maximum atomic E-state index is 6.79. The number of rotatable bonds is 0. The van der Waals surface area contributed by atoms with E-state index in [1.807, 2.05) is 0 Å². The van der Waals surface area contributed by atoms with Gasteiger partial charge in [0.1, 0.15) is 11.2 Å². The standard InChI is InChI=1S/C40H21B2N3O.C38H21B2N3/c1-2-16-32-28(9-1)34-33(46-32)21-29-40-37(34)42-36-25(27-13-4-8-23-18-20-44(42)39(23)27)11-6-15-31(36)45(40)30-14-5-10-24-26-12-3-7-22-17-19-43(38(22)26)41(29)35(24)30;1-2-10-25-24(7-1)21-30-38-35(25)40-34-27(29-14-4-9-23-18-20-42(40)37(23)29)12-6-16-32(34)43(38)31-15-5-11-26-28-13-3-8-22-17-19-41(36(22)28)39(30)33(26)31/h1-21H;1-21H. The van der Waals surface area contributed by atoms with Crippen molar-refractivity contribution in [2.24, 2.45) is 0 Å². The van der Waals surface area contributed by atoms with E-state index in [4.69, 9.17) is 4.42 Å². The van der Waals surface area contributed by atoms with E-state index in [-0.39, 0.29) is 27.4 Å². The van der Waals surface area contributed by atoms with E-state index in [9.17, 15) is 0 Å². The summed E-state index contributed by atoms with van der Waals surface area (Å²) in [6.07, 6.45) is 9.24. The van der Waals surface area contributed by atoms with E-state index >= 15 is 0 Å². The second-order valence-corrected chi connectivity index (χ2v) is 25.7. The van der Waals surface area contributed by atoms with Crippen LogP contribution in [0.15, 0.2) is 260 Å². The Bertz CT molecular complexity index is 6250. The summed E-state index contributed by atoms with van der Waals surface area (Å²) in [5.74, 6) is 0. The van der Waals surface area contributed by atoms with Gasteiger partial charge >= 0.3 is 27.4 Å². The van der Waals surface area contributed by atoms with Crippen LogP contribution < -0.4 is 53.5 Å². The Balaban J connectivity index is 0.000000113. The first-order valence-electron chi connectivity index (χ1n) is 31.3. The predicted octanol–water partition coefficient (Wildman–Crippen LogP) is 13.0. The molecule has 25 rings (SSSR count). The average molecular weight is 1120 g/mol. The Kier molecular flexibility index (Phi) is 7.74. The quantitative estimate of drug-likeness (QED) is 0.142. The van der Waals surface area contributed by atoms with Crippen LogP contribution in [0.4, 0.5) is 34.1 Å². The summed E-state index contributed by atoms with van der Waals surface area (Å²) in [5.41, 5.74) is 36.5. The molecule has 0 bridgehead atoms. The van der Waals surface area contributed by atoms with Gasteiger partial charge < -0.3 is 32.1 Å². The molecule has 5 aromatic heterocycles. The Morgan fingerprint density at radius 3 is 1.10 bits per heavy atom. The minimum Gasteiger partial charge on any atom is -0.456 e. The van der Waals surface area contributed by atoms with E-state index in [0.717, 1.165) is 11.2 Å². The fourth-order valence-electron chi connectivity index (χ4n) is 18.9. The molecule has 11 heteroatoms. The van der Waals surface area contributed by atoms with E-state index in [0.29, 0.717) is 0 Å². The lowest BCUT2D eigenvalue weighted by atomic mass is 9.39. The topological polar surface area (TPSA) is 39.3 Å². The molecule has 0 aliphatic carbocycles. The third kappa shape index (κ3) is 5.07. The Morgan fingerprint density at radius 1 is 0.258 bits per heavy atom. The molecule has 0 amide bonds. The zero-order valence-corrected chi connectivity index (χ0v) is 47.6. The molecule has 13 heterocycles. The van der Waals surface area contributed by atoms with E-state index in [1.54, 1.807) is 0 Å². The number of hydrogen-bond acceptors (Lipinski definition) is 3. The molecule has 17 aromatic rings. The van der Waals surface area contributed by atoms with Crippen LogP contribution in [0, 0.1) is 0 Å². The first-order chi connectivity index (χ1) is 44.2. The normalized spacial score (nSPS) is 14.4. The summed E-state index contributed by atoms with van der Waals surface area (Å²) < 4.78 is 17.0. The molecule has 0 N–H and O–H groups in total. The van der Waals surface area contributed by atoms with Gasteiger partial charge in [0.25, 0.3) is 0 Å². The molecular formula is C78H42B4N6O. The van der Waals surface area contributed by atoms with Gasteiger partial charge in [-0.3, -0.25) is 0 Å². The van der Waals surface area contributed by atoms with Gasteiger partial charge in [-0.15, -0.1) is 0 Å². The van der Waals surface area contributed by atoms with Gasteiger partial charge in [-0.25, -0.2) is 0 Å². The number of anilines is 6. The Hall–Kier alpha value is -11.3. The molecule has 0 saturated carbocycles. The van der Waals surface area contributed by atoms with E-state index in [1.165, 1.54) is 187 Å². The summed E-state index contributed by atoms with van der Waals surface area (Å²) >= 11 is 0. The van der Waals surface area contributed by atoms with Gasteiger partial charge in [-0.2, -0.15) is 0 Å².